The molecule has 1 heterocycles. The third-order valence-electron chi connectivity index (χ3n) is 2.19. The number of benzene rings is 1. The molecule has 0 atom stereocenters. The van der Waals surface area contributed by atoms with E-state index in [9.17, 15) is 13.2 Å². The summed E-state index contributed by atoms with van der Waals surface area (Å²) in [5, 5.41) is 0. The molecule has 0 aromatic heterocycles. The fourth-order valence-electron chi connectivity index (χ4n) is 1.61. The van der Waals surface area contributed by atoms with Gasteiger partial charge in [0.05, 0.1) is 16.3 Å². The molecule has 0 bridgehead atoms. The zero-order valence-electron chi connectivity index (χ0n) is 7.23. The first kappa shape index (κ1) is 9.12. The molecule has 1 aromatic rings. The van der Waals surface area contributed by atoms with Crippen molar-refractivity contribution < 1.29 is 13.2 Å². The minimum atomic E-state index is -3.23. The van der Waals surface area contributed by atoms with Crippen molar-refractivity contribution in [1.82, 2.24) is 0 Å². The SMILES string of the molecule is O=C=Nc1cccc2c1S(=O)(=O)CC2. The van der Waals surface area contributed by atoms with E-state index < -0.39 is 9.84 Å². The van der Waals surface area contributed by atoms with Crippen LogP contribution in [-0.4, -0.2) is 20.3 Å². The highest BCUT2D eigenvalue weighted by molar-refractivity contribution is 7.91. The Morgan fingerprint density at radius 1 is 1.36 bits per heavy atom. The van der Waals surface area contributed by atoms with Crippen LogP contribution in [0.3, 0.4) is 0 Å². The molecule has 0 fully saturated rings. The zero-order chi connectivity index (χ0) is 10.2. The summed E-state index contributed by atoms with van der Waals surface area (Å²) in [5.41, 5.74) is 0.941. The number of carbonyl (C=O) groups excluding carboxylic acids is 1. The van der Waals surface area contributed by atoms with E-state index in [1.54, 1.807) is 12.1 Å². The largest absolute Gasteiger partial charge is 0.240 e. The summed E-state index contributed by atoms with van der Waals surface area (Å²) in [6.07, 6.45) is 1.86. The minimum Gasteiger partial charge on any atom is -0.224 e. The van der Waals surface area contributed by atoms with Crippen molar-refractivity contribution in [3.05, 3.63) is 23.8 Å². The first-order valence-electron chi connectivity index (χ1n) is 4.08. The fourth-order valence-corrected chi connectivity index (χ4v) is 3.31. The lowest BCUT2D eigenvalue weighted by atomic mass is 10.1. The molecule has 0 saturated heterocycles. The van der Waals surface area contributed by atoms with Crippen molar-refractivity contribution in [2.75, 3.05) is 5.75 Å². The van der Waals surface area contributed by atoms with Crippen molar-refractivity contribution in [2.24, 2.45) is 4.99 Å². The molecule has 5 heteroatoms. The van der Waals surface area contributed by atoms with E-state index in [-0.39, 0.29) is 16.3 Å². The smallest absolute Gasteiger partial charge is 0.224 e. The van der Waals surface area contributed by atoms with Crippen LogP contribution in [0.15, 0.2) is 28.1 Å². The lowest BCUT2D eigenvalue weighted by Crippen LogP contribution is -1.98. The van der Waals surface area contributed by atoms with Gasteiger partial charge in [0.25, 0.3) is 0 Å². The number of isocyanates is 1. The molecule has 14 heavy (non-hydrogen) atoms. The van der Waals surface area contributed by atoms with Gasteiger partial charge < -0.3 is 0 Å². The summed E-state index contributed by atoms with van der Waals surface area (Å²) in [4.78, 5) is 13.7. The molecular formula is C9H7NO3S. The maximum Gasteiger partial charge on any atom is 0.240 e. The molecule has 1 aliphatic rings. The maximum absolute atomic E-state index is 11.6. The summed E-state index contributed by atoms with van der Waals surface area (Å²) < 4.78 is 23.1. The predicted molar refractivity (Wildman–Crippen MR) is 50.0 cm³/mol. The Balaban J connectivity index is 2.79. The average molecular weight is 209 g/mol. The van der Waals surface area contributed by atoms with Crippen molar-refractivity contribution in [3.8, 4) is 0 Å². The number of aliphatic imine (C=N–C) groups is 1. The highest BCUT2D eigenvalue weighted by Crippen LogP contribution is 2.33. The number of sulfone groups is 1. The molecule has 1 aliphatic heterocycles. The molecule has 0 amide bonds. The minimum absolute atomic E-state index is 0.105. The van der Waals surface area contributed by atoms with Gasteiger partial charge in [-0.15, -0.1) is 0 Å². The first-order valence-corrected chi connectivity index (χ1v) is 5.73. The molecule has 72 valence electrons. The number of hydrogen-bond acceptors (Lipinski definition) is 4. The third kappa shape index (κ3) is 1.27. The second kappa shape index (κ2) is 3.04. The molecule has 1 aromatic carbocycles. The fraction of sp³-hybridized carbons (Fsp3) is 0.222. The molecule has 2 rings (SSSR count). The lowest BCUT2D eigenvalue weighted by molar-refractivity contribution is 0.565. The van der Waals surface area contributed by atoms with Gasteiger partial charge in [0.2, 0.25) is 6.08 Å². The second-order valence-electron chi connectivity index (χ2n) is 3.04. The summed E-state index contributed by atoms with van der Waals surface area (Å²) in [7, 11) is -3.23. The van der Waals surface area contributed by atoms with E-state index in [4.69, 9.17) is 0 Å². The lowest BCUT2D eigenvalue weighted by Gasteiger charge is -2.00. The molecule has 0 saturated carbocycles. The highest BCUT2D eigenvalue weighted by atomic mass is 32.2. The maximum atomic E-state index is 11.6. The van der Waals surface area contributed by atoms with Crippen LogP contribution in [0, 0.1) is 0 Å². The first-order chi connectivity index (χ1) is 6.65. The molecule has 4 nitrogen and oxygen atoms in total. The molecule has 0 radical (unpaired) electrons. The number of hydrogen-bond donors (Lipinski definition) is 0. The average Bonchev–Trinajstić information content (AvgIpc) is 2.44. The van der Waals surface area contributed by atoms with Crippen molar-refractivity contribution in [1.29, 1.82) is 0 Å². The van der Waals surface area contributed by atoms with Crippen LogP contribution in [0.1, 0.15) is 5.56 Å². The third-order valence-corrected chi connectivity index (χ3v) is 4.03. The zero-order valence-corrected chi connectivity index (χ0v) is 8.04. The van der Waals surface area contributed by atoms with Gasteiger partial charge in [0, 0.05) is 0 Å². The summed E-state index contributed by atoms with van der Waals surface area (Å²) in [6.45, 7) is 0. The second-order valence-corrected chi connectivity index (χ2v) is 5.08. The van der Waals surface area contributed by atoms with Gasteiger partial charge in [-0.25, -0.2) is 13.2 Å². The van der Waals surface area contributed by atoms with E-state index in [2.05, 4.69) is 4.99 Å². The Labute approximate surface area is 81.2 Å². The number of nitrogens with zero attached hydrogens (tertiary/aromatic N) is 1. The van der Waals surface area contributed by atoms with E-state index in [0.29, 0.717) is 6.42 Å². The summed E-state index contributed by atoms with van der Waals surface area (Å²) in [5.74, 6) is 0.105. The van der Waals surface area contributed by atoms with E-state index in [1.807, 2.05) is 0 Å². The van der Waals surface area contributed by atoms with Crippen LogP contribution in [0.25, 0.3) is 0 Å². The van der Waals surface area contributed by atoms with Crippen LogP contribution >= 0.6 is 0 Å². The van der Waals surface area contributed by atoms with Crippen molar-refractivity contribution in [3.63, 3.8) is 0 Å². The van der Waals surface area contributed by atoms with Crippen molar-refractivity contribution in [2.45, 2.75) is 11.3 Å². The van der Waals surface area contributed by atoms with Crippen LogP contribution in [0.5, 0.6) is 0 Å². The van der Waals surface area contributed by atoms with Crippen LogP contribution in [-0.2, 0) is 21.1 Å². The molecule has 0 unspecified atom stereocenters. The number of aryl methyl sites for hydroxylation is 1. The Bertz CT molecular complexity index is 527. The summed E-state index contributed by atoms with van der Waals surface area (Å²) >= 11 is 0. The van der Waals surface area contributed by atoms with Gasteiger partial charge in [0.1, 0.15) is 0 Å². The van der Waals surface area contributed by atoms with Gasteiger partial charge in [-0.1, -0.05) is 12.1 Å². The Morgan fingerprint density at radius 2 is 2.14 bits per heavy atom. The molecule has 0 aliphatic carbocycles. The van der Waals surface area contributed by atoms with Crippen LogP contribution < -0.4 is 0 Å². The van der Waals surface area contributed by atoms with E-state index in [0.717, 1.165) is 5.56 Å². The molecule has 0 N–H and O–H groups in total. The predicted octanol–water partition coefficient (Wildman–Crippen LogP) is 0.984. The summed E-state index contributed by atoms with van der Waals surface area (Å²) in [6, 6.07) is 4.94. The highest BCUT2D eigenvalue weighted by Gasteiger charge is 2.28. The quantitative estimate of drug-likeness (QED) is 0.511. The van der Waals surface area contributed by atoms with Gasteiger partial charge in [0.15, 0.2) is 9.84 Å². The topological polar surface area (TPSA) is 63.6 Å². The number of fused-ring (bicyclic) bond motifs is 1. The van der Waals surface area contributed by atoms with Crippen LogP contribution in [0.2, 0.25) is 0 Å². The normalized spacial score (nSPS) is 17.1. The Hall–Kier alpha value is -1.45. The standard InChI is InChI=1S/C9H7NO3S/c11-6-10-8-3-1-2-7-4-5-14(12,13)9(7)8/h1-3H,4-5H2. The van der Waals surface area contributed by atoms with Gasteiger partial charge >= 0.3 is 0 Å². The van der Waals surface area contributed by atoms with Gasteiger partial charge in [-0.05, 0) is 18.1 Å². The van der Waals surface area contributed by atoms with E-state index >= 15 is 0 Å². The Morgan fingerprint density at radius 3 is 2.86 bits per heavy atom. The monoisotopic (exact) mass is 209 g/mol. The molecular weight excluding hydrogens is 202 g/mol. The van der Waals surface area contributed by atoms with Crippen molar-refractivity contribution >= 4 is 21.6 Å². The van der Waals surface area contributed by atoms with Crippen LogP contribution in [0.4, 0.5) is 5.69 Å². The Kier molecular flexibility index (Phi) is 1.98. The van der Waals surface area contributed by atoms with Gasteiger partial charge in [-0.2, -0.15) is 4.99 Å². The van der Waals surface area contributed by atoms with Gasteiger partial charge in [-0.3, -0.25) is 0 Å². The number of rotatable bonds is 1. The molecule has 0 spiro atoms. The van der Waals surface area contributed by atoms with E-state index in [1.165, 1.54) is 12.1 Å².